The number of hydrogen-bond donors (Lipinski definition) is 2. The molecule has 0 radical (unpaired) electrons. The number of nitrogens with one attached hydrogen (secondary N) is 2. The lowest BCUT2D eigenvalue weighted by atomic mass is 9.95. The predicted octanol–water partition coefficient (Wildman–Crippen LogP) is 4.43. The molecule has 4 rings (SSSR count). The van der Waals surface area contributed by atoms with E-state index in [1.54, 1.807) is 37.3 Å². The number of rotatable bonds is 6. The molecule has 1 aliphatic carbocycles. The van der Waals surface area contributed by atoms with Crippen LogP contribution in [0.25, 0.3) is 10.9 Å². The van der Waals surface area contributed by atoms with Crippen molar-refractivity contribution in [3.05, 3.63) is 64.8 Å². The maximum atomic E-state index is 12.5. The summed E-state index contributed by atoms with van der Waals surface area (Å²) in [5.74, 6) is -0.900. The lowest BCUT2D eigenvalue weighted by Gasteiger charge is -2.10. The third-order valence-corrected chi connectivity index (χ3v) is 5.48. The van der Waals surface area contributed by atoms with Crippen LogP contribution in [0.3, 0.4) is 0 Å². The van der Waals surface area contributed by atoms with E-state index in [4.69, 9.17) is 4.74 Å². The number of benzene rings is 2. The Bertz CT molecular complexity index is 1110. The molecule has 0 aliphatic heterocycles. The first kappa shape index (κ1) is 19.9. The summed E-state index contributed by atoms with van der Waals surface area (Å²) < 4.78 is 5.26. The predicted molar refractivity (Wildman–Crippen MR) is 115 cm³/mol. The highest BCUT2D eigenvalue weighted by atomic mass is 16.5. The highest BCUT2D eigenvalue weighted by Gasteiger charge is 2.18. The van der Waals surface area contributed by atoms with E-state index < -0.39 is 5.97 Å². The summed E-state index contributed by atoms with van der Waals surface area (Å²) in [5.41, 5.74) is 5.07. The Kier molecular flexibility index (Phi) is 5.65. The number of anilines is 1. The summed E-state index contributed by atoms with van der Waals surface area (Å²) >= 11 is 0. The molecule has 6 nitrogen and oxygen atoms in total. The highest BCUT2D eigenvalue weighted by Crippen LogP contribution is 2.29. The molecule has 30 heavy (non-hydrogen) atoms. The van der Waals surface area contributed by atoms with Crippen LogP contribution in [0.1, 0.15) is 58.2 Å². The van der Waals surface area contributed by atoms with Gasteiger partial charge >= 0.3 is 5.97 Å². The zero-order valence-corrected chi connectivity index (χ0v) is 16.9. The molecule has 0 fully saturated rings. The Labute approximate surface area is 174 Å². The molecule has 0 saturated carbocycles. The minimum absolute atomic E-state index is 0.0938. The van der Waals surface area contributed by atoms with E-state index in [9.17, 15) is 14.4 Å². The number of fused-ring (bicyclic) bond motifs is 3. The molecule has 1 aliphatic rings. The number of Topliss-reactive ketones (excluding diaryl/α,β-unsaturated/α-hetero) is 1. The van der Waals surface area contributed by atoms with Crippen molar-refractivity contribution in [2.24, 2.45) is 0 Å². The van der Waals surface area contributed by atoms with Gasteiger partial charge in [-0.1, -0.05) is 6.92 Å². The van der Waals surface area contributed by atoms with E-state index in [0.717, 1.165) is 30.2 Å². The molecule has 1 heterocycles. The SMILES string of the molecule is CCC(=O)Nc1ccc(C(=O)COC(=O)c2ccc3[nH]c4c(c3c2)CCCC4)cc1. The van der Waals surface area contributed by atoms with Gasteiger partial charge in [0.25, 0.3) is 0 Å². The Balaban J connectivity index is 1.40. The number of esters is 1. The fraction of sp³-hybridized carbons (Fsp3) is 0.292. The molecule has 2 aromatic carbocycles. The van der Waals surface area contributed by atoms with Crippen molar-refractivity contribution >= 4 is 34.3 Å². The van der Waals surface area contributed by atoms with Gasteiger partial charge in [0.15, 0.2) is 12.4 Å². The second kappa shape index (κ2) is 8.53. The van der Waals surface area contributed by atoms with Crippen molar-refractivity contribution in [1.29, 1.82) is 0 Å². The van der Waals surface area contributed by atoms with Crippen LogP contribution in [0.2, 0.25) is 0 Å². The normalized spacial score (nSPS) is 13.0. The zero-order chi connectivity index (χ0) is 21.1. The largest absolute Gasteiger partial charge is 0.454 e. The van der Waals surface area contributed by atoms with Gasteiger partial charge in [0.05, 0.1) is 5.56 Å². The lowest BCUT2D eigenvalue weighted by Crippen LogP contribution is -2.14. The molecule has 1 amide bonds. The van der Waals surface area contributed by atoms with Crippen molar-refractivity contribution in [2.75, 3.05) is 11.9 Å². The number of amides is 1. The smallest absolute Gasteiger partial charge is 0.338 e. The van der Waals surface area contributed by atoms with E-state index in [2.05, 4.69) is 10.3 Å². The number of aromatic amines is 1. The van der Waals surface area contributed by atoms with Crippen LogP contribution in [0.15, 0.2) is 42.5 Å². The van der Waals surface area contributed by atoms with E-state index in [0.29, 0.717) is 23.2 Å². The van der Waals surface area contributed by atoms with Gasteiger partial charge in [0, 0.05) is 34.3 Å². The number of ketones is 1. The Morgan fingerprint density at radius 1 is 1.00 bits per heavy atom. The standard InChI is InChI=1S/C24H24N2O4/c1-2-23(28)25-17-10-7-15(8-11-17)22(27)14-30-24(29)16-9-12-21-19(13-16)18-5-3-4-6-20(18)26-21/h7-13,26H,2-6,14H2,1H3,(H,25,28). The van der Waals surface area contributed by atoms with E-state index >= 15 is 0 Å². The first-order valence-corrected chi connectivity index (χ1v) is 10.3. The van der Waals surface area contributed by atoms with Gasteiger partial charge in [-0.3, -0.25) is 9.59 Å². The van der Waals surface area contributed by atoms with Crippen molar-refractivity contribution in [3.8, 4) is 0 Å². The van der Waals surface area contributed by atoms with Gasteiger partial charge in [-0.15, -0.1) is 0 Å². The third kappa shape index (κ3) is 4.13. The molecule has 6 heteroatoms. The van der Waals surface area contributed by atoms with E-state index in [1.807, 2.05) is 12.1 Å². The molecule has 1 aromatic heterocycles. The molecule has 2 N–H and O–H groups in total. The number of H-pyrrole nitrogens is 1. The Hall–Kier alpha value is -3.41. The second-order valence-electron chi connectivity index (χ2n) is 7.53. The Morgan fingerprint density at radius 2 is 1.73 bits per heavy atom. The summed E-state index contributed by atoms with van der Waals surface area (Å²) in [4.78, 5) is 39.7. The van der Waals surface area contributed by atoms with Gasteiger partial charge in [-0.2, -0.15) is 0 Å². The molecule has 0 unspecified atom stereocenters. The number of hydrogen-bond acceptors (Lipinski definition) is 4. The summed E-state index contributed by atoms with van der Waals surface area (Å²) in [5, 5.41) is 3.79. The van der Waals surface area contributed by atoms with Crippen molar-refractivity contribution < 1.29 is 19.1 Å². The molecule has 154 valence electrons. The molecule has 0 saturated heterocycles. The number of aromatic nitrogens is 1. The van der Waals surface area contributed by atoms with Crippen molar-refractivity contribution in [3.63, 3.8) is 0 Å². The summed E-state index contributed by atoms with van der Waals surface area (Å²) in [6.07, 6.45) is 4.78. The number of carbonyl (C=O) groups excluding carboxylic acids is 3. The molecular weight excluding hydrogens is 380 g/mol. The van der Waals surface area contributed by atoms with E-state index in [1.165, 1.54) is 17.7 Å². The summed E-state index contributed by atoms with van der Waals surface area (Å²) in [6.45, 7) is 1.44. The van der Waals surface area contributed by atoms with Gasteiger partial charge in [-0.25, -0.2) is 4.79 Å². The molecular formula is C24H24N2O4. The quantitative estimate of drug-likeness (QED) is 0.470. The fourth-order valence-corrected chi connectivity index (χ4v) is 3.82. The van der Waals surface area contributed by atoms with Gasteiger partial charge < -0.3 is 15.0 Å². The Morgan fingerprint density at radius 3 is 2.50 bits per heavy atom. The average Bonchev–Trinajstić information content (AvgIpc) is 3.15. The zero-order valence-electron chi connectivity index (χ0n) is 16.9. The number of carbonyl (C=O) groups is 3. The van der Waals surface area contributed by atoms with Gasteiger partial charge in [0.2, 0.25) is 5.91 Å². The second-order valence-corrected chi connectivity index (χ2v) is 7.53. The monoisotopic (exact) mass is 404 g/mol. The van der Waals surface area contributed by atoms with Crippen LogP contribution in [0.5, 0.6) is 0 Å². The van der Waals surface area contributed by atoms with Crippen molar-refractivity contribution in [1.82, 2.24) is 4.98 Å². The number of ether oxygens (including phenoxy) is 1. The van der Waals surface area contributed by atoms with Crippen LogP contribution in [0, 0.1) is 0 Å². The minimum atomic E-state index is -0.511. The average molecular weight is 404 g/mol. The fourth-order valence-electron chi connectivity index (χ4n) is 3.82. The maximum Gasteiger partial charge on any atom is 0.338 e. The van der Waals surface area contributed by atoms with Gasteiger partial charge in [0.1, 0.15) is 0 Å². The van der Waals surface area contributed by atoms with Crippen molar-refractivity contribution in [2.45, 2.75) is 39.0 Å². The van der Waals surface area contributed by atoms with E-state index in [-0.39, 0.29) is 18.3 Å². The highest BCUT2D eigenvalue weighted by molar-refractivity contribution is 6.01. The van der Waals surface area contributed by atoms with Crippen LogP contribution >= 0.6 is 0 Å². The van der Waals surface area contributed by atoms with Crippen LogP contribution < -0.4 is 5.32 Å². The van der Waals surface area contributed by atoms with Crippen LogP contribution in [-0.4, -0.2) is 29.3 Å². The number of aryl methyl sites for hydroxylation is 2. The minimum Gasteiger partial charge on any atom is -0.454 e. The molecule has 0 bridgehead atoms. The first-order valence-electron chi connectivity index (χ1n) is 10.3. The van der Waals surface area contributed by atoms with Crippen LogP contribution in [0.4, 0.5) is 5.69 Å². The topological polar surface area (TPSA) is 88.3 Å². The maximum absolute atomic E-state index is 12.5. The summed E-state index contributed by atoms with van der Waals surface area (Å²) in [7, 11) is 0. The van der Waals surface area contributed by atoms with Crippen LogP contribution in [-0.2, 0) is 22.4 Å². The molecule has 0 spiro atoms. The summed E-state index contributed by atoms with van der Waals surface area (Å²) in [6, 6.07) is 12.0. The lowest BCUT2D eigenvalue weighted by molar-refractivity contribution is -0.115. The van der Waals surface area contributed by atoms with Gasteiger partial charge in [-0.05, 0) is 73.7 Å². The third-order valence-electron chi connectivity index (χ3n) is 5.48. The molecule has 3 aromatic rings. The first-order chi connectivity index (χ1) is 14.5. The molecule has 0 atom stereocenters.